The summed E-state index contributed by atoms with van der Waals surface area (Å²) in [6.07, 6.45) is 3.42. The minimum absolute atomic E-state index is 0.109. The predicted molar refractivity (Wildman–Crippen MR) is 59.0 cm³/mol. The van der Waals surface area contributed by atoms with Crippen LogP contribution < -0.4 is 5.32 Å². The van der Waals surface area contributed by atoms with E-state index in [0.29, 0.717) is 5.92 Å². The van der Waals surface area contributed by atoms with Crippen LogP contribution in [0.3, 0.4) is 0 Å². The summed E-state index contributed by atoms with van der Waals surface area (Å²) in [6, 6.07) is 0. The Balaban J connectivity index is 2.62. The number of sulfone groups is 1. The van der Waals surface area contributed by atoms with Gasteiger partial charge in [-0.05, 0) is 38.8 Å². The number of nitrogens with one attached hydrogen (secondary N) is 1. The summed E-state index contributed by atoms with van der Waals surface area (Å²) in [5, 5.41) is 3.02. The van der Waals surface area contributed by atoms with Gasteiger partial charge in [-0.2, -0.15) is 0 Å². The van der Waals surface area contributed by atoms with Gasteiger partial charge in [0.05, 0.1) is 11.0 Å². The number of hydrogen-bond acceptors (Lipinski definition) is 3. The van der Waals surface area contributed by atoms with Crippen molar-refractivity contribution >= 4 is 9.84 Å². The van der Waals surface area contributed by atoms with Crippen LogP contribution in [-0.4, -0.2) is 32.5 Å². The van der Waals surface area contributed by atoms with Crippen LogP contribution in [0.1, 0.15) is 19.8 Å². The molecule has 0 aromatic carbocycles. The molecular formula is C10H19NO2S. The molecule has 1 aliphatic heterocycles. The van der Waals surface area contributed by atoms with Gasteiger partial charge in [-0.1, -0.05) is 6.08 Å². The molecule has 0 radical (unpaired) electrons. The number of rotatable bonds is 4. The molecule has 1 heterocycles. The average Bonchev–Trinajstić information content (AvgIpc) is 2.18. The van der Waals surface area contributed by atoms with Crippen molar-refractivity contribution < 1.29 is 8.42 Å². The third-order valence-electron chi connectivity index (χ3n) is 2.96. The average molecular weight is 217 g/mol. The van der Waals surface area contributed by atoms with E-state index in [1.54, 1.807) is 0 Å². The van der Waals surface area contributed by atoms with Crippen molar-refractivity contribution in [3.05, 3.63) is 12.7 Å². The third kappa shape index (κ3) is 2.82. The zero-order chi connectivity index (χ0) is 10.6. The first-order chi connectivity index (χ1) is 6.58. The Hall–Kier alpha value is -0.350. The number of hydrogen-bond donors (Lipinski definition) is 1. The Kier molecular flexibility index (Phi) is 4.13. The maximum Gasteiger partial charge on any atom is 0.156 e. The summed E-state index contributed by atoms with van der Waals surface area (Å²) < 4.78 is 23.5. The van der Waals surface area contributed by atoms with Gasteiger partial charge >= 0.3 is 0 Å². The van der Waals surface area contributed by atoms with Gasteiger partial charge in [-0.15, -0.1) is 6.58 Å². The second kappa shape index (κ2) is 4.94. The largest absolute Gasteiger partial charge is 0.317 e. The van der Waals surface area contributed by atoms with Crippen molar-refractivity contribution in [2.45, 2.75) is 25.0 Å². The van der Waals surface area contributed by atoms with Gasteiger partial charge in [0.25, 0.3) is 0 Å². The molecule has 1 aliphatic rings. The molecule has 0 aromatic rings. The molecule has 3 nitrogen and oxygen atoms in total. The maximum absolute atomic E-state index is 11.7. The van der Waals surface area contributed by atoms with Crippen LogP contribution in [0, 0.1) is 5.92 Å². The fourth-order valence-electron chi connectivity index (χ4n) is 1.92. The van der Waals surface area contributed by atoms with E-state index in [4.69, 9.17) is 0 Å². The van der Waals surface area contributed by atoms with Gasteiger partial charge in [-0.25, -0.2) is 8.42 Å². The molecule has 1 unspecified atom stereocenters. The van der Waals surface area contributed by atoms with Crippen molar-refractivity contribution in [3.8, 4) is 0 Å². The second-order valence-corrected chi connectivity index (χ2v) is 6.31. The molecule has 4 heteroatoms. The van der Waals surface area contributed by atoms with Crippen molar-refractivity contribution in [1.29, 1.82) is 0 Å². The van der Waals surface area contributed by atoms with E-state index in [2.05, 4.69) is 11.9 Å². The molecule has 0 aliphatic carbocycles. The number of piperidine rings is 1. The lowest BCUT2D eigenvalue weighted by Gasteiger charge is -2.27. The van der Waals surface area contributed by atoms with Crippen molar-refractivity contribution in [2.75, 3.05) is 18.8 Å². The van der Waals surface area contributed by atoms with Crippen LogP contribution in [0.4, 0.5) is 0 Å². The molecule has 82 valence electrons. The van der Waals surface area contributed by atoms with E-state index < -0.39 is 9.84 Å². The zero-order valence-electron chi connectivity index (χ0n) is 8.70. The monoisotopic (exact) mass is 217 g/mol. The Morgan fingerprint density at radius 2 is 2.07 bits per heavy atom. The Morgan fingerprint density at radius 3 is 2.57 bits per heavy atom. The summed E-state index contributed by atoms with van der Waals surface area (Å²) in [6.45, 7) is 7.20. The highest BCUT2D eigenvalue weighted by molar-refractivity contribution is 7.92. The summed E-state index contributed by atoms with van der Waals surface area (Å²) in [4.78, 5) is 0. The Morgan fingerprint density at radius 1 is 1.50 bits per heavy atom. The summed E-state index contributed by atoms with van der Waals surface area (Å²) in [5.74, 6) is 0.430. The van der Waals surface area contributed by atoms with Gasteiger partial charge in [0, 0.05) is 0 Å². The minimum Gasteiger partial charge on any atom is -0.317 e. The molecule has 0 aromatic heterocycles. The zero-order valence-corrected chi connectivity index (χ0v) is 9.52. The molecule has 0 spiro atoms. The smallest absolute Gasteiger partial charge is 0.156 e. The first-order valence-corrected chi connectivity index (χ1v) is 6.82. The van der Waals surface area contributed by atoms with Crippen LogP contribution in [-0.2, 0) is 9.84 Å². The van der Waals surface area contributed by atoms with Crippen LogP contribution in [0.5, 0.6) is 0 Å². The van der Waals surface area contributed by atoms with Crippen LogP contribution in [0.2, 0.25) is 0 Å². The third-order valence-corrected chi connectivity index (χ3v) is 5.18. The van der Waals surface area contributed by atoms with E-state index >= 15 is 0 Å². The molecule has 0 bridgehead atoms. The molecule has 1 rings (SSSR count). The lowest BCUT2D eigenvalue weighted by Crippen LogP contribution is -2.37. The lowest BCUT2D eigenvalue weighted by molar-refractivity contribution is 0.364. The van der Waals surface area contributed by atoms with Gasteiger partial charge in [-0.3, -0.25) is 0 Å². The Bertz CT molecular complexity index is 278. The molecule has 1 saturated heterocycles. The highest BCUT2D eigenvalue weighted by Crippen LogP contribution is 2.22. The van der Waals surface area contributed by atoms with Gasteiger partial charge in [0.2, 0.25) is 0 Å². The van der Waals surface area contributed by atoms with Gasteiger partial charge < -0.3 is 5.32 Å². The Labute approximate surface area is 86.5 Å². The molecule has 14 heavy (non-hydrogen) atoms. The highest BCUT2D eigenvalue weighted by atomic mass is 32.2. The maximum atomic E-state index is 11.7. The predicted octanol–water partition coefficient (Wildman–Crippen LogP) is 0.975. The highest BCUT2D eigenvalue weighted by Gasteiger charge is 2.29. The molecule has 1 N–H and O–H groups in total. The minimum atomic E-state index is -2.96. The quantitative estimate of drug-likeness (QED) is 0.714. The van der Waals surface area contributed by atoms with Crippen molar-refractivity contribution in [1.82, 2.24) is 5.32 Å². The lowest BCUT2D eigenvalue weighted by atomic mass is 9.95. The SMILES string of the molecule is C=CCS(=O)(=O)C(C)C1CCNCC1. The summed E-state index contributed by atoms with van der Waals surface area (Å²) in [7, 11) is -2.96. The fourth-order valence-corrected chi connectivity index (χ4v) is 3.41. The summed E-state index contributed by atoms with van der Waals surface area (Å²) in [5.41, 5.74) is 0. The fraction of sp³-hybridized carbons (Fsp3) is 0.800. The van der Waals surface area contributed by atoms with E-state index in [-0.39, 0.29) is 11.0 Å². The van der Waals surface area contributed by atoms with E-state index in [1.165, 1.54) is 6.08 Å². The molecule has 1 atom stereocenters. The standard InChI is InChI=1S/C10H19NO2S/c1-3-8-14(12,13)9(2)10-4-6-11-7-5-10/h3,9-11H,1,4-8H2,2H3. The van der Waals surface area contributed by atoms with Gasteiger partial charge in [0.15, 0.2) is 9.84 Å². The summed E-state index contributed by atoms with van der Waals surface area (Å²) >= 11 is 0. The normalized spacial score (nSPS) is 21.8. The molecule has 1 fully saturated rings. The molecule has 0 amide bonds. The first kappa shape index (κ1) is 11.7. The van der Waals surface area contributed by atoms with Crippen molar-refractivity contribution in [3.63, 3.8) is 0 Å². The van der Waals surface area contributed by atoms with E-state index in [9.17, 15) is 8.42 Å². The van der Waals surface area contributed by atoms with E-state index in [1.807, 2.05) is 6.92 Å². The van der Waals surface area contributed by atoms with Crippen molar-refractivity contribution in [2.24, 2.45) is 5.92 Å². The van der Waals surface area contributed by atoms with E-state index in [0.717, 1.165) is 25.9 Å². The van der Waals surface area contributed by atoms with Crippen LogP contribution in [0.25, 0.3) is 0 Å². The van der Waals surface area contributed by atoms with Crippen LogP contribution in [0.15, 0.2) is 12.7 Å². The topological polar surface area (TPSA) is 46.2 Å². The molecular weight excluding hydrogens is 198 g/mol. The van der Waals surface area contributed by atoms with Crippen LogP contribution >= 0.6 is 0 Å². The van der Waals surface area contributed by atoms with Gasteiger partial charge in [0.1, 0.15) is 0 Å². The molecule has 0 saturated carbocycles. The first-order valence-electron chi connectivity index (χ1n) is 5.11. The second-order valence-electron chi connectivity index (χ2n) is 3.91.